The molecule has 64 valence electrons. The molecule has 1 aromatic rings. The Hall–Kier alpha value is -2.00. The fourth-order valence-electron chi connectivity index (χ4n) is 1.06. The first-order chi connectivity index (χ1) is 6.27. The molecule has 0 heterocycles. The summed E-state index contributed by atoms with van der Waals surface area (Å²) in [7, 11) is 0. The molecule has 0 aliphatic rings. The van der Waals surface area contributed by atoms with Gasteiger partial charge in [0, 0.05) is 12.1 Å². The van der Waals surface area contributed by atoms with Crippen LogP contribution in [0.4, 0.5) is 5.69 Å². The van der Waals surface area contributed by atoms with Gasteiger partial charge in [0.2, 0.25) is 0 Å². The highest BCUT2D eigenvalue weighted by molar-refractivity contribution is 5.47. The number of hydrogen-bond donors (Lipinski definition) is 1. The van der Waals surface area contributed by atoms with Crippen LogP contribution in [-0.2, 0) is 6.42 Å². The number of hydrogen-bond acceptors (Lipinski definition) is 3. The molecule has 0 aromatic heterocycles. The maximum absolute atomic E-state index is 8.56. The van der Waals surface area contributed by atoms with Crippen LogP contribution in [0.5, 0.6) is 0 Å². The van der Waals surface area contributed by atoms with Crippen LogP contribution < -0.4 is 5.73 Å². The molecular formula is C10H9N3. The molecule has 13 heavy (non-hydrogen) atoms. The first-order valence-corrected chi connectivity index (χ1v) is 3.90. The highest BCUT2D eigenvalue weighted by Crippen LogP contribution is 2.14. The lowest BCUT2D eigenvalue weighted by atomic mass is 10.0. The van der Waals surface area contributed by atoms with Crippen LogP contribution in [0.25, 0.3) is 0 Å². The third-order valence-corrected chi connectivity index (χ3v) is 1.79. The quantitative estimate of drug-likeness (QED) is 0.685. The van der Waals surface area contributed by atoms with Crippen molar-refractivity contribution < 1.29 is 0 Å². The van der Waals surface area contributed by atoms with Gasteiger partial charge in [0.1, 0.15) is 5.92 Å². The van der Waals surface area contributed by atoms with Gasteiger partial charge in [0.15, 0.2) is 0 Å². The second-order valence-electron chi connectivity index (χ2n) is 2.71. The minimum atomic E-state index is -0.607. The lowest BCUT2D eigenvalue weighted by Gasteiger charge is -2.03. The van der Waals surface area contributed by atoms with E-state index in [0.717, 1.165) is 5.56 Å². The molecule has 0 radical (unpaired) electrons. The van der Waals surface area contributed by atoms with Crippen LogP contribution in [0, 0.1) is 28.6 Å². The van der Waals surface area contributed by atoms with Crippen LogP contribution >= 0.6 is 0 Å². The van der Waals surface area contributed by atoms with Crippen molar-refractivity contribution in [2.75, 3.05) is 5.73 Å². The van der Waals surface area contributed by atoms with Gasteiger partial charge in [-0.1, -0.05) is 18.2 Å². The van der Waals surface area contributed by atoms with Gasteiger partial charge in [-0.3, -0.25) is 0 Å². The van der Waals surface area contributed by atoms with Crippen molar-refractivity contribution in [3.8, 4) is 12.1 Å². The Morgan fingerprint density at radius 1 is 1.23 bits per heavy atom. The van der Waals surface area contributed by atoms with Gasteiger partial charge in [-0.15, -0.1) is 0 Å². The molecule has 0 spiro atoms. The topological polar surface area (TPSA) is 73.6 Å². The number of rotatable bonds is 2. The Morgan fingerprint density at radius 2 is 1.85 bits per heavy atom. The van der Waals surface area contributed by atoms with E-state index < -0.39 is 5.92 Å². The van der Waals surface area contributed by atoms with Gasteiger partial charge in [0.25, 0.3) is 0 Å². The number of nitrogen functional groups attached to an aromatic ring is 1. The predicted molar refractivity (Wildman–Crippen MR) is 49.3 cm³/mol. The number of nitrogens with zero attached hydrogens (tertiary/aromatic N) is 2. The average Bonchev–Trinajstić information content (AvgIpc) is 2.17. The minimum absolute atomic E-state index is 0.402. The van der Waals surface area contributed by atoms with Gasteiger partial charge in [0.05, 0.1) is 12.1 Å². The maximum Gasteiger partial charge on any atom is 0.137 e. The fraction of sp³-hybridized carbons (Fsp3) is 0.200. The molecule has 0 saturated carbocycles. The molecule has 3 nitrogen and oxygen atoms in total. The van der Waals surface area contributed by atoms with E-state index >= 15 is 0 Å². The molecular weight excluding hydrogens is 162 g/mol. The molecule has 0 amide bonds. The molecule has 1 rings (SSSR count). The van der Waals surface area contributed by atoms with E-state index in [-0.39, 0.29) is 0 Å². The summed E-state index contributed by atoms with van der Waals surface area (Å²) in [4.78, 5) is 0. The van der Waals surface area contributed by atoms with E-state index in [0.29, 0.717) is 12.1 Å². The Balaban J connectivity index is 2.82. The number of benzene rings is 1. The van der Waals surface area contributed by atoms with E-state index in [1.807, 2.05) is 30.3 Å². The molecule has 0 fully saturated rings. The second kappa shape index (κ2) is 4.13. The first-order valence-electron chi connectivity index (χ1n) is 3.90. The SMILES string of the molecule is N#CC(C#N)Cc1ccccc1N. The monoisotopic (exact) mass is 171 g/mol. The van der Waals surface area contributed by atoms with Crippen LogP contribution in [0.1, 0.15) is 5.56 Å². The van der Waals surface area contributed by atoms with Crippen molar-refractivity contribution in [3.63, 3.8) is 0 Å². The summed E-state index contributed by atoms with van der Waals surface area (Å²) in [5.41, 5.74) is 7.15. The molecule has 1 aromatic carbocycles. The second-order valence-corrected chi connectivity index (χ2v) is 2.71. The van der Waals surface area contributed by atoms with Crippen molar-refractivity contribution in [2.24, 2.45) is 5.92 Å². The summed E-state index contributed by atoms with van der Waals surface area (Å²) < 4.78 is 0. The van der Waals surface area contributed by atoms with Crippen LogP contribution in [-0.4, -0.2) is 0 Å². The summed E-state index contributed by atoms with van der Waals surface area (Å²) in [5.74, 6) is -0.607. The largest absolute Gasteiger partial charge is 0.399 e. The van der Waals surface area contributed by atoms with E-state index in [9.17, 15) is 0 Å². The molecule has 2 N–H and O–H groups in total. The van der Waals surface area contributed by atoms with Crippen LogP contribution in [0.15, 0.2) is 24.3 Å². The van der Waals surface area contributed by atoms with Gasteiger partial charge < -0.3 is 5.73 Å². The summed E-state index contributed by atoms with van der Waals surface area (Å²) in [5, 5.41) is 17.1. The zero-order chi connectivity index (χ0) is 9.68. The smallest absolute Gasteiger partial charge is 0.137 e. The summed E-state index contributed by atoms with van der Waals surface area (Å²) in [6.45, 7) is 0. The zero-order valence-electron chi connectivity index (χ0n) is 7.07. The van der Waals surface area contributed by atoms with Crippen LogP contribution in [0.3, 0.4) is 0 Å². The Kier molecular flexibility index (Phi) is 2.89. The highest BCUT2D eigenvalue weighted by Gasteiger charge is 2.08. The van der Waals surface area contributed by atoms with Gasteiger partial charge >= 0.3 is 0 Å². The minimum Gasteiger partial charge on any atom is -0.399 e. The molecule has 0 saturated heterocycles. The fourth-order valence-corrected chi connectivity index (χ4v) is 1.06. The standard InChI is InChI=1S/C10H9N3/c11-6-8(7-12)5-9-3-1-2-4-10(9)13/h1-4,8H,5,13H2. The molecule has 0 unspecified atom stereocenters. The van der Waals surface area contributed by atoms with Crippen molar-refractivity contribution >= 4 is 5.69 Å². The van der Waals surface area contributed by atoms with E-state index in [4.69, 9.17) is 16.3 Å². The van der Waals surface area contributed by atoms with Crippen molar-refractivity contribution in [1.82, 2.24) is 0 Å². The Morgan fingerprint density at radius 3 is 2.38 bits per heavy atom. The number of anilines is 1. The van der Waals surface area contributed by atoms with E-state index in [1.54, 1.807) is 6.07 Å². The molecule has 3 heteroatoms. The lowest BCUT2D eigenvalue weighted by molar-refractivity contribution is 0.836. The normalized spacial score (nSPS) is 9.15. The van der Waals surface area contributed by atoms with Crippen LogP contribution in [0.2, 0.25) is 0 Å². The third kappa shape index (κ3) is 2.21. The summed E-state index contributed by atoms with van der Waals surface area (Å²) >= 11 is 0. The zero-order valence-corrected chi connectivity index (χ0v) is 7.07. The first kappa shape index (κ1) is 9.09. The van der Waals surface area contributed by atoms with Crippen molar-refractivity contribution in [3.05, 3.63) is 29.8 Å². The number of nitriles is 2. The average molecular weight is 171 g/mol. The van der Waals surface area contributed by atoms with Gasteiger partial charge in [-0.2, -0.15) is 10.5 Å². The lowest BCUT2D eigenvalue weighted by Crippen LogP contribution is -2.01. The molecule has 0 aliphatic heterocycles. The molecule has 0 aliphatic carbocycles. The van der Waals surface area contributed by atoms with E-state index in [1.165, 1.54) is 0 Å². The molecule has 0 atom stereocenters. The Bertz CT molecular complexity index is 356. The maximum atomic E-state index is 8.56. The number of para-hydroxylation sites is 1. The van der Waals surface area contributed by atoms with Gasteiger partial charge in [-0.25, -0.2) is 0 Å². The number of nitrogens with two attached hydrogens (primary N) is 1. The van der Waals surface area contributed by atoms with E-state index in [2.05, 4.69) is 0 Å². The Labute approximate surface area is 77.0 Å². The summed E-state index contributed by atoms with van der Waals surface area (Å²) in [6.07, 6.45) is 0.402. The van der Waals surface area contributed by atoms with Crippen molar-refractivity contribution in [1.29, 1.82) is 10.5 Å². The third-order valence-electron chi connectivity index (χ3n) is 1.79. The van der Waals surface area contributed by atoms with Crippen molar-refractivity contribution in [2.45, 2.75) is 6.42 Å². The van der Waals surface area contributed by atoms with Gasteiger partial charge in [-0.05, 0) is 11.6 Å². The highest BCUT2D eigenvalue weighted by atomic mass is 14.6. The predicted octanol–water partition coefficient (Wildman–Crippen LogP) is 1.47. The summed E-state index contributed by atoms with van der Waals surface area (Å²) in [6, 6.07) is 11.1. The molecule has 0 bridgehead atoms.